The van der Waals surface area contributed by atoms with Crippen LogP contribution in [0.1, 0.15) is 12.0 Å². The Labute approximate surface area is 130 Å². The quantitative estimate of drug-likeness (QED) is 0.747. The van der Waals surface area contributed by atoms with Crippen LogP contribution in [0.4, 0.5) is 0 Å². The lowest BCUT2D eigenvalue weighted by atomic mass is 10.1. The zero-order chi connectivity index (χ0) is 14.2. The number of thioether (sulfide) groups is 1. The number of nitrogens with one attached hydrogen (secondary N) is 1. The van der Waals surface area contributed by atoms with Crippen LogP contribution in [0.5, 0.6) is 0 Å². The highest BCUT2D eigenvalue weighted by atomic mass is 35.5. The van der Waals surface area contributed by atoms with Crippen molar-refractivity contribution >= 4 is 23.4 Å². The van der Waals surface area contributed by atoms with Crippen molar-refractivity contribution in [2.24, 2.45) is 0 Å². The van der Waals surface area contributed by atoms with Crippen LogP contribution in [0.2, 0.25) is 5.02 Å². The maximum absolute atomic E-state index is 6.01. The van der Waals surface area contributed by atoms with E-state index in [4.69, 9.17) is 11.6 Å². The van der Waals surface area contributed by atoms with Gasteiger partial charge in [-0.05, 0) is 43.7 Å². The summed E-state index contributed by atoms with van der Waals surface area (Å²) in [5, 5.41) is 4.21. The van der Waals surface area contributed by atoms with E-state index < -0.39 is 0 Å². The van der Waals surface area contributed by atoms with Crippen molar-refractivity contribution in [3.05, 3.63) is 65.2 Å². The highest BCUT2D eigenvalue weighted by Gasteiger charge is 2.07. The Hall–Kier alpha value is -0.960. The average molecular weight is 306 g/mol. The van der Waals surface area contributed by atoms with E-state index in [-0.39, 0.29) is 0 Å². The number of hydrogen-bond donors (Lipinski definition) is 1. The van der Waals surface area contributed by atoms with Gasteiger partial charge in [0, 0.05) is 21.7 Å². The molecule has 0 heterocycles. The number of halogens is 1. The molecule has 106 valence electrons. The normalized spacial score (nSPS) is 12.3. The third-order valence-electron chi connectivity index (χ3n) is 3.28. The molecule has 0 fully saturated rings. The molecule has 1 nitrogen and oxygen atoms in total. The molecule has 0 aliphatic heterocycles. The van der Waals surface area contributed by atoms with E-state index in [9.17, 15) is 0 Å². The summed E-state index contributed by atoms with van der Waals surface area (Å²) in [4.78, 5) is 1.23. The minimum atomic E-state index is 0.513. The number of rotatable bonds is 7. The van der Waals surface area contributed by atoms with E-state index in [2.05, 4.69) is 41.7 Å². The Kier molecular flexibility index (Phi) is 6.44. The van der Waals surface area contributed by atoms with Gasteiger partial charge in [0.25, 0.3) is 0 Å². The van der Waals surface area contributed by atoms with Crippen LogP contribution >= 0.6 is 23.4 Å². The van der Waals surface area contributed by atoms with Crippen molar-refractivity contribution in [1.29, 1.82) is 0 Å². The van der Waals surface area contributed by atoms with E-state index in [1.165, 1.54) is 10.5 Å². The van der Waals surface area contributed by atoms with Gasteiger partial charge in [-0.1, -0.05) is 48.0 Å². The molecular formula is C17H20ClNS. The topological polar surface area (TPSA) is 12.0 Å². The lowest BCUT2D eigenvalue weighted by molar-refractivity contribution is 0.573. The fourth-order valence-corrected chi connectivity index (χ4v) is 3.42. The van der Waals surface area contributed by atoms with Crippen LogP contribution in [0, 0.1) is 0 Å². The molecule has 1 unspecified atom stereocenters. The van der Waals surface area contributed by atoms with Crippen LogP contribution in [0.25, 0.3) is 0 Å². The van der Waals surface area contributed by atoms with Crippen molar-refractivity contribution in [1.82, 2.24) is 5.32 Å². The zero-order valence-electron chi connectivity index (χ0n) is 11.7. The van der Waals surface area contributed by atoms with Gasteiger partial charge in [-0.3, -0.25) is 0 Å². The molecular weight excluding hydrogens is 286 g/mol. The first kappa shape index (κ1) is 15.4. The Morgan fingerprint density at radius 2 is 1.90 bits per heavy atom. The van der Waals surface area contributed by atoms with Gasteiger partial charge >= 0.3 is 0 Å². The summed E-state index contributed by atoms with van der Waals surface area (Å²) < 4.78 is 0. The summed E-state index contributed by atoms with van der Waals surface area (Å²) >= 11 is 7.86. The van der Waals surface area contributed by atoms with Gasteiger partial charge in [0.05, 0.1) is 0 Å². The van der Waals surface area contributed by atoms with Gasteiger partial charge in [0.15, 0.2) is 0 Å². The highest BCUT2D eigenvalue weighted by molar-refractivity contribution is 7.99. The molecule has 2 rings (SSSR count). The summed E-state index contributed by atoms with van der Waals surface area (Å²) in [5.41, 5.74) is 1.40. The van der Waals surface area contributed by atoms with Gasteiger partial charge in [-0.2, -0.15) is 0 Å². The Morgan fingerprint density at radius 3 is 2.60 bits per heavy atom. The third kappa shape index (κ3) is 5.20. The minimum Gasteiger partial charge on any atom is -0.316 e. The fraction of sp³-hybridized carbons (Fsp3) is 0.294. The Bertz CT molecular complexity index is 515. The first-order chi connectivity index (χ1) is 9.78. The summed E-state index contributed by atoms with van der Waals surface area (Å²) in [5.74, 6) is 1.06. The van der Waals surface area contributed by atoms with Crippen molar-refractivity contribution in [2.75, 3.05) is 12.8 Å². The second kappa shape index (κ2) is 8.35. The smallest absolute Gasteiger partial charge is 0.0417 e. The summed E-state index contributed by atoms with van der Waals surface area (Å²) in [6.07, 6.45) is 2.26. The molecule has 2 aromatic rings. The third-order valence-corrected chi connectivity index (χ3v) is 4.67. The molecule has 0 aliphatic rings. The summed E-state index contributed by atoms with van der Waals surface area (Å²) in [6.45, 7) is 0. The van der Waals surface area contributed by atoms with Gasteiger partial charge < -0.3 is 5.32 Å². The van der Waals surface area contributed by atoms with E-state index >= 15 is 0 Å². The lowest BCUT2D eigenvalue weighted by Gasteiger charge is -2.15. The van der Waals surface area contributed by atoms with E-state index in [0.29, 0.717) is 6.04 Å². The molecule has 1 atom stereocenters. The second-order valence-corrected chi connectivity index (χ2v) is 6.31. The van der Waals surface area contributed by atoms with Crippen LogP contribution < -0.4 is 5.32 Å². The SMILES string of the molecule is CNC(CCc1ccccc1)CSc1cccc(Cl)c1. The van der Waals surface area contributed by atoms with Gasteiger partial charge in [-0.15, -0.1) is 11.8 Å². The molecule has 2 aromatic carbocycles. The molecule has 0 bridgehead atoms. The molecule has 0 radical (unpaired) electrons. The van der Waals surface area contributed by atoms with Crippen molar-refractivity contribution in [3.8, 4) is 0 Å². The molecule has 0 aromatic heterocycles. The van der Waals surface area contributed by atoms with Gasteiger partial charge in [-0.25, -0.2) is 0 Å². The summed E-state index contributed by atoms with van der Waals surface area (Å²) in [6, 6.07) is 19.2. The van der Waals surface area contributed by atoms with Crippen LogP contribution in [0.15, 0.2) is 59.5 Å². The van der Waals surface area contributed by atoms with Gasteiger partial charge in [0.2, 0.25) is 0 Å². The minimum absolute atomic E-state index is 0.513. The first-order valence-electron chi connectivity index (χ1n) is 6.87. The number of aryl methyl sites for hydroxylation is 1. The van der Waals surface area contributed by atoms with E-state index in [1.807, 2.05) is 37.0 Å². The summed E-state index contributed by atoms with van der Waals surface area (Å²) in [7, 11) is 2.04. The van der Waals surface area contributed by atoms with Crippen molar-refractivity contribution in [2.45, 2.75) is 23.8 Å². The maximum atomic E-state index is 6.01. The molecule has 0 aliphatic carbocycles. The van der Waals surface area contributed by atoms with Crippen molar-refractivity contribution in [3.63, 3.8) is 0 Å². The van der Waals surface area contributed by atoms with Crippen LogP contribution in [0.3, 0.4) is 0 Å². The predicted molar refractivity (Wildman–Crippen MR) is 89.8 cm³/mol. The van der Waals surface area contributed by atoms with Crippen LogP contribution in [-0.4, -0.2) is 18.8 Å². The number of benzene rings is 2. The average Bonchev–Trinajstić information content (AvgIpc) is 2.48. The predicted octanol–water partition coefficient (Wildman–Crippen LogP) is 4.65. The number of hydrogen-bond acceptors (Lipinski definition) is 2. The second-order valence-electron chi connectivity index (χ2n) is 4.78. The molecule has 1 N–H and O–H groups in total. The Morgan fingerprint density at radius 1 is 1.10 bits per heavy atom. The monoisotopic (exact) mass is 305 g/mol. The molecule has 0 saturated heterocycles. The zero-order valence-corrected chi connectivity index (χ0v) is 13.3. The van der Waals surface area contributed by atoms with E-state index in [0.717, 1.165) is 23.6 Å². The fourth-order valence-electron chi connectivity index (χ4n) is 2.05. The highest BCUT2D eigenvalue weighted by Crippen LogP contribution is 2.23. The molecule has 0 saturated carbocycles. The largest absolute Gasteiger partial charge is 0.316 e. The van der Waals surface area contributed by atoms with Crippen LogP contribution in [-0.2, 0) is 6.42 Å². The lowest BCUT2D eigenvalue weighted by Crippen LogP contribution is -2.28. The standard InChI is InChI=1S/C17H20ClNS/c1-19-16(11-10-14-6-3-2-4-7-14)13-20-17-9-5-8-15(18)12-17/h2-9,12,16,19H,10-11,13H2,1H3. The molecule has 0 spiro atoms. The van der Waals surface area contributed by atoms with E-state index in [1.54, 1.807) is 0 Å². The first-order valence-corrected chi connectivity index (χ1v) is 8.24. The molecule has 0 amide bonds. The molecule has 20 heavy (non-hydrogen) atoms. The maximum Gasteiger partial charge on any atom is 0.0417 e. The molecule has 3 heteroatoms. The van der Waals surface area contributed by atoms with Gasteiger partial charge in [0.1, 0.15) is 0 Å². The van der Waals surface area contributed by atoms with Crippen molar-refractivity contribution < 1.29 is 0 Å². The Balaban J connectivity index is 1.80.